The number of methoxy groups -OCH3 is 2. The summed E-state index contributed by atoms with van der Waals surface area (Å²) in [5.74, 6) is 0.625. The van der Waals surface area contributed by atoms with Crippen molar-refractivity contribution in [3.05, 3.63) is 77.9 Å². The molecular formula is C26H26N6O4. The molecule has 1 heterocycles. The SMILES string of the molecule is CCc1ccc(NC(=O)Cn2nnc(-c3ccccc3NC(=O)c3cc(OC)cc(OC)c3)n2)cc1. The van der Waals surface area contributed by atoms with Crippen LogP contribution in [-0.2, 0) is 17.8 Å². The van der Waals surface area contributed by atoms with Gasteiger partial charge in [0.2, 0.25) is 11.7 Å². The van der Waals surface area contributed by atoms with Gasteiger partial charge in [0.15, 0.2) is 0 Å². The molecule has 184 valence electrons. The Morgan fingerprint density at radius 2 is 1.61 bits per heavy atom. The Kier molecular flexibility index (Phi) is 7.54. The summed E-state index contributed by atoms with van der Waals surface area (Å²) in [6.45, 7) is 1.96. The Labute approximate surface area is 208 Å². The second kappa shape index (κ2) is 11.1. The van der Waals surface area contributed by atoms with Crippen molar-refractivity contribution in [2.45, 2.75) is 19.9 Å². The third kappa shape index (κ3) is 5.84. The number of carbonyl (C=O) groups excluding carboxylic acids is 2. The monoisotopic (exact) mass is 486 g/mol. The van der Waals surface area contributed by atoms with E-state index >= 15 is 0 Å². The molecule has 0 aliphatic rings. The fraction of sp³-hybridized carbons (Fsp3) is 0.192. The molecular weight excluding hydrogens is 460 g/mol. The molecule has 0 aliphatic heterocycles. The van der Waals surface area contributed by atoms with E-state index in [-0.39, 0.29) is 24.2 Å². The third-order valence-corrected chi connectivity index (χ3v) is 5.41. The first-order chi connectivity index (χ1) is 17.5. The molecule has 2 amide bonds. The maximum atomic E-state index is 13.0. The number of aromatic nitrogens is 4. The van der Waals surface area contributed by atoms with Crippen LogP contribution in [0.3, 0.4) is 0 Å². The lowest BCUT2D eigenvalue weighted by atomic mass is 10.1. The molecule has 3 aromatic carbocycles. The second-order valence-corrected chi connectivity index (χ2v) is 7.84. The molecule has 2 N–H and O–H groups in total. The zero-order valence-electron chi connectivity index (χ0n) is 20.2. The van der Waals surface area contributed by atoms with E-state index in [0.717, 1.165) is 6.42 Å². The smallest absolute Gasteiger partial charge is 0.255 e. The third-order valence-electron chi connectivity index (χ3n) is 5.41. The van der Waals surface area contributed by atoms with E-state index in [1.807, 2.05) is 24.3 Å². The summed E-state index contributed by atoms with van der Waals surface area (Å²) in [7, 11) is 3.03. The van der Waals surface area contributed by atoms with E-state index in [1.165, 1.54) is 24.6 Å². The minimum Gasteiger partial charge on any atom is -0.497 e. The molecule has 0 saturated heterocycles. The predicted molar refractivity (Wildman–Crippen MR) is 135 cm³/mol. The molecule has 0 fully saturated rings. The largest absolute Gasteiger partial charge is 0.497 e. The standard InChI is InChI=1S/C26H26N6O4/c1-4-17-9-11-19(12-10-17)27-24(33)16-32-30-25(29-31-32)22-7-5-6-8-23(22)28-26(34)18-13-20(35-2)15-21(14-18)36-3/h5-15H,4,16H2,1-3H3,(H,27,33)(H,28,34). The van der Waals surface area contributed by atoms with Crippen molar-refractivity contribution < 1.29 is 19.1 Å². The van der Waals surface area contributed by atoms with Crippen LogP contribution in [0.25, 0.3) is 11.4 Å². The second-order valence-electron chi connectivity index (χ2n) is 7.84. The van der Waals surface area contributed by atoms with Crippen LogP contribution in [0.2, 0.25) is 0 Å². The van der Waals surface area contributed by atoms with Crippen molar-refractivity contribution in [1.29, 1.82) is 0 Å². The number of hydrogen-bond acceptors (Lipinski definition) is 7. The fourth-order valence-electron chi connectivity index (χ4n) is 3.49. The number of ether oxygens (including phenoxy) is 2. The maximum Gasteiger partial charge on any atom is 0.255 e. The fourth-order valence-corrected chi connectivity index (χ4v) is 3.49. The molecule has 0 radical (unpaired) electrons. The highest BCUT2D eigenvalue weighted by Crippen LogP contribution is 2.27. The lowest BCUT2D eigenvalue weighted by Gasteiger charge is -2.11. The van der Waals surface area contributed by atoms with Gasteiger partial charge in [-0.3, -0.25) is 9.59 Å². The summed E-state index contributed by atoms with van der Waals surface area (Å²) in [6, 6.07) is 19.6. The molecule has 36 heavy (non-hydrogen) atoms. The van der Waals surface area contributed by atoms with Crippen molar-refractivity contribution in [2.24, 2.45) is 0 Å². The number of tetrazole rings is 1. The van der Waals surface area contributed by atoms with Crippen LogP contribution in [0.5, 0.6) is 11.5 Å². The van der Waals surface area contributed by atoms with Crippen LogP contribution in [-0.4, -0.2) is 46.2 Å². The summed E-state index contributed by atoms with van der Waals surface area (Å²) >= 11 is 0. The molecule has 0 unspecified atom stereocenters. The minimum atomic E-state index is -0.361. The highest BCUT2D eigenvalue weighted by Gasteiger charge is 2.16. The number of benzene rings is 3. The van der Waals surface area contributed by atoms with Crippen molar-refractivity contribution >= 4 is 23.2 Å². The van der Waals surface area contributed by atoms with Gasteiger partial charge in [0.1, 0.15) is 18.0 Å². The number of nitrogens with one attached hydrogen (secondary N) is 2. The summed E-state index contributed by atoms with van der Waals surface area (Å²) in [5, 5.41) is 18.1. The normalized spacial score (nSPS) is 10.5. The average molecular weight is 487 g/mol. The Bertz CT molecular complexity index is 1340. The molecule has 10 nitrogen and oxygen atoms in total. The minimum absolute atomic E-state index is 0.110. The van der Waals surface area contributed by atoms with E-state index < -0.39 is 0 Å². The van der Waals surface area contributed by atoms with Crippen molar-refractivity contribution in [1.82, 2.24) is 20.2 Å². The van der Waals surface area contributed by atoms with Gasteiger partial charge in [-0.15, -0.1) is 10.2 Å². The van der Waals surface area contributed by atoms with E-state index in [4.69, 9.17) is 9.47 Å². The van der Waals surface area contributed by atoms with Crippen LogP contribution in [0, 0.1) is 0 Å². The molecule has 0 aliphatic carbocycles. The average Bonchev–Trinajstić information content (AvgIpc) is 3.37. The van der Waals surface area contributed by atoms with Crippen LogP contribution in [0.1, 0.15) is 22.8 Å². The summed E-state index contributed by atoms with van der Waals surface area (Å²) in [4.78, 5) is 26.6. The number of anilines is 2. The quantitative estimate of drug-likeness (QED) is 0.369. The van der Waals surface area contributed by atoms with Crippen molar-refractivity contribution in [3.63, 3.8) is 0 Å². The Morgan fingerprint density at radius 1 is 0.917 bits per heavy atom. The first-order valence-corrected chi connectivity index (χ1v) is 11.3. The van der Waals surface area contributed by atoms with E-state index in [1.54, 1.807) is 42.5 Å². The van der Waals surface area contributed by atoms with Gasteiger partial charge in [-0.05, 0) is 53.6 Å². The van der Waals surface area contributed by atoms with Gasteiger partial charge >= 0.3 is 0 Å². The lowest BCUT2D eigenvalue weighted by molar-refractivity contribution is -0.117. The zero-order chi connectivity index (χ0) is 25.5. The van der Waals surface area contributed by atoms with Crippen LogP contribution < -0.4 is 20.1 Å². The van der Waals surface area contributed by atoms with Crippen LogP contribution in [0.15, 0.2) is 66.7 Å². The predicted octanol–water partition coefficient (Wildman–Crippen LogP) is 3.81. The van der Waals surface area contributed by atoms with E-state index in [9.17, 15) is 9.59 Å². The molecule has 4 aromatic rings. The molecule has 0 bridgehead atoms. The number of hydrogen-bond donors (Lipinski definition) is 2. The van der Waals surface area contributed by atoms with Gasteiger partial charge in [-0.2, -0.15) is 4.80 Å². The highest BCUT2D eigenvalue weighted by atomic mass is 16.5. The van der Waals surface area contributed by atoms with Crippen molar-refractivity contribution in [3.8, 4) is 22.9 Å². The molecule has 1 aromatic heterocycles. The van der Waals surface area contributed by atoms with Crippen LogP contribution in [0.4, 0.5) is 11.4 Å². The van der Waals surface area contributed by atoms with Gasteiger partial charge in [-0.1, -0.05) is 31.2 Å². The number of aryl methyl sites for hydroxylation is 1. The maximum absolute atomic E-state index is 13.0. The lowest BCUT2D eigenvalue weighted by Crippen LogP contribution is -2.20. The first-order valence-electron chi connectivity index (χ1n) is 11.3. The summed E-state index contributed by atoms with van der Waals surface area (Å²) < 4.78 is 10.5. The summed E-state index contributed by atoms with van der Waals surface area (Å²) in [5.41, 5.74) is 3.29. The number of nitrogens with zero attached hydrogens (tertiary/aromatic N) is 4. The number of para-hydroxylation sites is 1. The van der Waals surface area contributed by atoms with Crippen molar-refractivity contribution in [2.75, 3.05) is 24.9 Å². The highest BCUT2D eigenvalue weighted by molar-refractivity contribution is 6.06. The number of carbonyl (C=O) groups is 2. The first kappa shape index (κ1) is 24.4. The van der Waals surface area contributed by atoms with Gasteiger partial charge in [0, 0.05) is 22.9 Å². The van der Waals surface area contributed by atoms with Crippen LogP contribution >= 0.6 is 0 Å². The number of rotatable bonds is 9. The van der Waals surface area contributed by atoms with Gasteiger partial charge in [0.25, 0.3) is 5.91 Å². The zero-order valence-corrected chi connectivity index (χ0v) is 20.2. The number of amides is 2. The molecule has 0 spiro atoms. The molecule has 10 heteroatoms. The van der Waals surface area contributed by atoms with Gasteiger partial charge in [0.05, 0.1) is 19.9 Å². The van der Waals surface area contributed by atoms with E-state index in [2.05, 4.69) is 33.0 Å². The Hall–Kier alpha value is -4.73. The topological polar surface area (TPSA) is 120 Å². The Balaban J connectivity index is 1.47. The summed E-state index contributed by atoms with van der Waals surface area (Å²) in [6.07, 6.45) is 0.926. The van der Waals surface area contributed by atoms with Gasteiger partial charge in [-0.25, -0.2) is 0 Å². The molecule has 4 rings (SSSR count). The van der Waals surface area contributed by atoms with Gasteiger partial charge < -0.3 is 20.1 Å². The Morgan fingerprint density at radius 3 is 2.28 bits per heavy atom. The molecule has 0 atom stereocenters. The molecule has 0 saturated carbocycles. The van der Waals surface area contributed by atoms with E-state index in [0.29, 0.717) is 34.0 Å².